The van der Waals surface area contributed by atoms with E-state index in [2.05, 4.69) is 5.92 Å². The Morgan fingerprint density at radius 3 is 2.95 bits per heavy atom. The Morgan fingerprint density at radius 2 is 2.30 bits per heavy atom. The number of benzene rings is 1. The second-order valence-corrected chi connectivity index (χ2v) is 5.03. The summed E-state index contributed by atoms with van der Waals surface area (Å²) in [5.41, 5.74) is 0.916. The summed E-state index contributed by atoms with van der Waals surface area (Å²) in [6.07, 6.45) is 6.76. The van der Waals surface area contributed by atoms with Crippen molar-refractivity contribution in [2.75, 3.05) is 13.7 Å². The summed E-state index contributed by atoms with van der Waals surface area (Å²) in [6.45, 7) is 0.518. The van der Waals surface area contributed by atoms with Gasteiger partial charge in [-0.1, -0.05) is 18.2 Å². The minimum absolute atomic E-state index is 0.184. The second-order valence-electron chi connectivity index (χ2n) is 5.03. The fraction of sp³-hybridized carbons (Fsp3) is 0.438. The highest BCUT2D eigenvalue weighted by atomic mass is 16.5. The summed E-state index contributed by atoms with van der Waals surface area (Å²) in [7, 11) is 1.60. The number of carboxylic acid groups (broad SMARTS) is 1. The number of para-hydroxylation sites is 1. The molecule has 0 aliphatic carbocycles. The molecule has 1 aliphatic heterocycles. The van der Waals surface area contributed by atoms with Gasteiger partial charge in [-0.3, -0.25) is 0 Å². The molecule has 1 heterocycles. The van der Waals surface area contributed by atoms with Crippen LogP contribution in [0.1, 0.15) is 30.9 Å². The number of terminal acetylenes is 1. The van der Waals surface area contributed by atoms with Crippen LogP contribution in [0.3, 0.4) is 0 Å². The van der Waals surface area contributed by atoms with Crippen molar-refractivity contribution in [1.29, 1.82) is 0 Å². The molecule has 1 aromatic rings. The van der Waals surface area contributed by atoms with Crippen LogP contribution in [0.15, 0.2) is 24.3 Å². The van der Waals surface area contributed by atoms with Crippen molar-refractivity contribution in [2.45, 2.75) is 25.3 Å². The molecular formula is C16H19NO3. The van der Waals surface area contributed by atoms with Crippen molar-refractivity contribution < 1.29 is 14.6 Å². The molecule has 4 heteroatoms. The molecule has 20 heavy (non-hydrogen) atoms. The van der Waals surface area contributed by atoms with Crippen LogP contribution >= 0.6 is 0 Å². The average Bonchev–Trinajstić information content (AvgIpc) is 2.47. The first-order valence-corrected chi connectivity index (χ1v) is 6.73. The number of hydrogen-bond donors (Lipinski definition) is 1. The van der Waals surface area contributed by atoms with E-state index in [1.165, 1.54) is 4.90 Å². The summed E-state index contributed by atoms with van der Waals surface area (Å²) in [5, 5.41) is 9.39. The highest BCUT2D eigenvalue weighted by molar-refractivity contribution is 5.66. The monoisotopic (exact) mass is 273 g/mol. The lowest BCUT2D eigenvalue weighted by Gasteiger charge is -2.38. The first-order chi connectivity index (χ1) is 9.67. The predicted molar refractivity (Wildman–Crippen MR) is 76.6 cm³/mol. The van der Waals surface area contributed by atoms with Gasteiger partial charge in [0.05, 0.1) is 13.2 Å². The molecule has 1 N–H and O–H groups in total. The number of piperidine rings is 1. The number of amides is 1. The third-order valence-electron chi connectivity index (χ3n) is 3.86. The highest BCUT2D eigenvalue weighted by Gasteiger charge is 2.33. The Hall–Kier alpha value is -2.15. The van der Waals surface area contributed by atoms with E-state index < -0.39 is 6.09 Å². The standard InChI is InChI=1S/C16H19NO3/c1-3-6-12-9-10-17(16(18)19)14(11-12)13-7-4-5-8-15(13)20-2/h1,4-5,7-8,12,14H,6,9-11H2,2H3,(H,18,19). The Bertz CT molecular complexity index is 521. The molecule has 106 valence electrons. The maximum atomic E-state index is 11.4. The van der Waals surface area contributed by atoms with Gasteiger partial charge in [-0.2, -0.15) is 0 Å². The molecule has 0 bridgehead atoms. The van der Waals surface area contributed by atoms with E-state index in [4.69, 9.17) is 11.2 Å². The molecule has 1 aromatic carbocycles. The van der Waals surface area contributed by atoms with Crippen molar-refractivity contribution >= 4 is 6.09 Å². The topological polar surface area (TPSA) is 49.8 Å². The second kappa shape index (κ2) is 6.33. The minimum atomic E-state index is -0.889. The third kappa shape index (κ3) is 2.88. The summed E-state index contributed by atoms with van der Waals surface area (Å²) in [6, 6.07) is 7.39. The van der Waals surface area contributed by atoms with Crippen molar-refractivity contribution in [1.82, 2.24) is 4.90 Å². The van der Waals surface area contributed by atoms with Crippen LogP contribution in [0.25, 0.3) is 0 Å². The molecule has 1 saturated heterocycles. The highest BCUT2D eigenvalue weighted by Crippen LogP contribution is 2.39. The Labute approximate surface area is 119 Å². The van der Waals surface area contributed by atoms with Crippen LogP contribution in [0.5, 0.6) is 5.75 Å². The van der Waals surface area contributed by atoms with Gasteiger partial charge in [0.2, 0.25) is 0 Å². The molecule has 2 rings (SSSR count). The zero-order valence-corrected chi connectivity index (χ0v) is 11.6. The number of methoxy groups -OCH3 is 1. The van der Waals surface area contributed by atoms with Crippen LogP contribution in [0.2, 0.25) is 0 Å². The summed E-state index contributed by atoms with van der Waals surface area (Å²) in [5.74, 6) is 3.78. The molecule has 1 aliphatic rings. The van der Waals surface area contributed by atoms with Gasteiger partial charge in [0, 0.05) is 18.5 Å². The molecule has 4 nitrogen and oxygen atoms in total. The lowest BCUT2D eigenvalue weighted by atomic mass is 9.85. The van der Waals surface area contributed by atoms with Gasteiger partial charge >= 0.3 is 6.09 Å². The zero-order valence-electron chi connectivity index (χ0n) is 11.6. The lowest BCUT2D eigenvalue weighted by Crippen LogP contribution is -2.40. The number of nitrogens with zero attached hydrogens (tertiary/aromatic N) is 1. The van der Waals surface area contributed by atoms with Crippen molar-refractivity contribution in [2.24, 2.45) is 5.92 Å². The molecule has 2 atom stereocenters. The normalized spacial score (nSPS) is 22.1. The fourth-order valence-electron chi connectivity index (χ4n) is 2.86. The number of likely N-dealkylation sites (tertiary alicyclic amines) is 1. The zero-order chi connectivity index (χ0) is 14.5. The van der Waals surface area contributed by atoms with E-state index >= 15 is 0 Å². The number of hydrogen-bond acceptors (Lipinski definition) is 2. The van der Waals surface area contributed by atoms with Gasteiger partial charge in [-0.15, -0.1) is 12.3 Å². The molecule has 0 spiro atoms. The minimum Gasteiger partial charge on any atom is -0.496 e. The van der Waals surface area contributed by atoms with E-state index in [1.54, 1.807) is 7.11 Å². The fourth-order valence-corrected chi connectivity index (χ4v) is 2.86. The van der Waals surface area contributed by atoms with E-state index in [9.17, 15) is 9.90 Å². The van der Waals surface area contributed by atoms with Gasteiger partial charge in [0.25, 0.3) is 0 Å². The summed E-state index contributed by atoms with van der Waals surface area (Å²) >= 11 is 0. The van der Waals surface area contributed by atoms with Gasteiger partial charge < -0.3 is 14.7 Å². The van der Waals surface area contributed by atoms with Crippen LogP contribution in [-0.4, -0.2) is 29.8 Å². The third-order valence-corrected chi connectivity index (χ3v) is 3.86. The van der Waals surface area contributed by atoms with E-state index in [-0.39, 0.29) is 6.04 Å². The summed E-state index contributed by atoms with van der Waals surface area (Å²) < 4.78 is 5.36. The lowest BCUT2D eigenvalue weighted by molar-refractivity contribution is 0.0893. The van der Waals surface area contributed by atoms with Crippen LogP contribution in [0, 0.1) is 18.3 Å². The van der Waals surface area contributed by atoms with Crippen molar-refractivity contribution in [3.8, 4) is 18.1 Å². The molecule has 2 unspecified atom stereocenters. The molecule has 0 aromatic heterocycles. The van der Waals surface area contributed by atoms with Crippen molar-refractivity contribution in [3.05, 3.63) is 29.8 Å². The molecule has 0 saturated carbocycles. The molecular weight excluding hydrogens is 254 g/mol. The molecule has 1 fully saturated rings. The van der Waals surface area contributed by atoms with Gasteiger partial charge in [0.1, 0.15) is 5.75 Å². The van der Waals surface area contributed by atoms with Crippen LogP contribution in [-0.2, 0) is 0 Å². The molecule has 0 radical (unpaired) electrons. The van der Waals surface area contributed by atoms with E-state index in [1.807, 2.05) is 24.3 Å². The number of rotatable bonds is 3. The van der Waals surface area contributed by atoms with Crippen LogP contribution < -0.4 is 4.74 Å². The Morgan fingerprint density at radius 1 is 1.55 bits per heavy atom. The maximum absolute atomic E-state index is 11.4. The first-order valence-electron chi connectivity index (χ1n) is 6.73. The quantitative estimate of drug-likeness (QED) is 0.861. The largest absolute Gasteiger partial charge is 0.496 e. The van der Waals surface area contributed by atoms with E-state index in [0.717, 1.165) is 24.2 Å². The molecule has 1 amide bonds. The number of ether oxygens (including phenoxy) is 1. The first kappa shape index (κ1) is 14.3. The smallest absolute Gasteiger partial charge is 0.407 e. The predicted octanol–water partition coefficient (Wildman–Crippen LogP) is 3.15. The van der Waals surface area contributed by atoms with Gasteiger partial charge in [-0.05, 0) is 24.8 Å². The van der Waals surface area contributed by atoms with Gasteiger partial charge in [0.15, 0.2) is 0 Å². The van der Waals surface area contributed by atoms with E-state index in [0.29, 0.717) is 18.9 Å². The summed E-state index contributed by atoms with van der Waals surface area (Å²) in [4.78, 5) is 12.9. The Kier molecular flexibility index (Phi) is 4.52. The van der Waals surface area contributed by atoms with Crippen LogP contribution in [0.4, 0.5) is 4.79 Å². The maximum Gasteiger partial charge on any atom is 0.407 e. The average molecular weight is 273 g/mol. The van der Waals surface area contributed by atoms with Crippen molar-refractivity contribution in [3.63, 3.8) is 0 Å². The number of carbonyl (C=O) groups is 1. The van der Waals surface area contributed by atoms with Gasteiger partial charge in [-0.25, -0.2) is 4.79 Å². The SMILES string of the molecule is C#CCC1CCN(C(=O)O)C(c2ccccc2OC)C1. The Balaban J connectivity index is 2.31.